The molecule has 16 heavy (non-hydrogen) atoms. The minimum atomic E-state index is 0.476. The van der Waals surface area contributed by atoms with E-state index in [4.69, 9.17) is 22.7 Å². The van der Waals surface area contributed by atoms with Crippen LogP contribution in [0.25, 0.3) is 10.2 Å². The summed E-state index contributed by atoms with van der Waals surface area (Å²) in [6.45, 7) is 2.62. The van der Waals surface area contributed by atoms with E-state index in [1.807, 2.05) is 25.1 Å². The summed E-state index contributed by atoms with van der Waals surface area (Å²) in [5.74, 6) is 0.849. The minimum absolute atomic E-state index is 0.476. The molecule has 2 aromatic rings. The van der Waals surface area contributed by atoms with Crippen LogP contribution < -0.4 is 10.5 Å². The van der Waals surface area contributed by atoms with Crippen molar-refractivity contribution in [1.29, 1.82) is 0 Å². The Balaban J connectivity index is 2.34. The smallest absolute Gasteiger partial charge is 0.121 e. The van der Waals surface area contributed by atoms with E-state index in [2.05, 4.69) is 4.98 Å². The molecule has 0 aliphatic heterocycles. The largest absolute Gasteiger partial charge is 0.494 e. The molecule has 0 spiro atoms. The average Bonchev–Trinajstić information content (AvgIpc) is 2.58. The Morgan fingerprint density at radius 1 is 1.56 bits per heavy atom. The van der Waals surface area contributed by atoms with Gasteiger partial charge in [0.15, 0.2) is 0 Å². The second-order valence-corrected chi connectivity index (χ2v) is 4.95. The number of hydrogen-bond acceptors (Lipinski definition) is 4. The standard InChI is InChI=1S/C11H12N2OS2/c1-2-14-7-3-4-9-8(5-7)13-11(16-9)6-10(12)15/h3-5H,2,6H2,1H3,(H2,12,15). The fraction of sp³-hybridized carbons (Fsp3) is 0.273. The molecule has 5 heteroatoms. The predicted molar refractivity (Wildman–Crippen MR) is 71.3 cm³/mol. The highest BCUT2D eigenvalue weighted by Gasteiger charge is 2.05. The number of benzene rings is 1. The van der Waals surface area contributed by atoms with Gasteiger partial charge in [-0.3, -0.25) is 0 Å². The lowest BCUT2D eigenvalue weighted by atomic mass is 10.3. The topological polar surface area (TPSA) is 48.1 Å². The third-order valence-electron chi connectivity index (χ3n) is 2.04. The summed E-state index contributed by atoms with van der Waals surface area (Å²) >= 11 is 6.49. The van der Waals surface area contributed by atoms with Crippen molar-refractivity contribution >= 4 is 38.8 Å². The van der Waals surface area contributed by atoms with Crippen molar-refractivity contribution in [3.63, 3.8) is 0 Å². The zero-order valence-electron chi connectivity index (χ0n) is 8.90. The highest BCUT2D eigenvalue weighted by molar-refractivity contribution is 7.80. The Kier molecular flexibility index (Phi) is 3.36. The van der Waals surface area contributed by atoms with E-state index in [1.54, 1.807) is 11.3 Å². The van der Waals surface area contributed by atoms with Gasteiger partial charge in [-0.05, 0) is 19.1 Å². The minimum Gasteiger partial charge on any atom is -0.494 e. The Morgan fingerprint density at radius 2 is 2.38 bits per heavy atom. The van der Waals surface area contributed by atoms with Gasteiger partial charge >= 0.3 is 0 Å². The highest BCUT2D eigenvalue weighted by Crippen LogP contribution is 2.26. The summed E-state index contributed by atoms with van der Waals surface area (Å²) in [7, 11) is 0. The van der Waals surface area contributed by atoms with Crippen LogP contribution in [-0.2, 0) is 6.42 Å². The van der Waals surface area contributed by atoms with Crippen LogP contribution in [0.4, 0.5) is 0 Å². The van der Waals surface area contributed by atoms with Crippen LogP contribution in [-0.4, -0.2) is 16.6 Å². The molecule has 2 rings (SSSR count). The van der Waals surface area contributed by atoms with Gasteiger partial charge in [0, 0.05) is 12.5 Å². The molecular formula is C11H12N2OS2. The molecule has 0 unspecified atom stereocenters. The quantitative estimate of drug-likeness (QED) is 0.849. The second-order valence-electron chi connectivity index (χ2n) is 3.31. The van der Waals surface area contributed by atoms with Gasteiger partial charge in [-0.1, -0.05) is 12.2 Å². The summed E-state index contributed by atoms with van der Waals surface area (Å²) in [5, 5.41) is 0.955. The van der Waals surface area contributed by atoms with E-state index >= 15 is 0 Å². The number of nitrogens with zero attached hydrogens (tertiary/aromatic N) is 1. The number of hydrogen-bond donors (Lipinski definition) is 1. The molecule has 1 aromatic heterocycles. The van der Waals surface area contributed by atoms with Gasteiger partial charge in [0.25, 0.3) is 0 Å². The van der Waals surface area contributed by atoms with Crippen LogP contribution in [0.15, 0.2) is 18.2 Å². The van der Waals surface area contributed by atoms with E-state index in [-0.39, 0.29) is 0 Å². The fourth-order valence-electron chi connectivity index (χ4n) is 1.44. The highest BCUT2D eigenvalue weighted by atomic mass is 32.1. The Bertz CT molecular complexity index is 522. The summed E-state index contributed by atoms with van der Waals surface area (Å²) < 4.78 is 6.55. The molecule has 0 saturated heterocycles. The Morgan fingerprint density at radius 3 is 3.06 bits per heavy atom. The molecule has 0 saturated carbocycles. The van der Waals surface area contributed by atoms with Crippen LogP contribution in [0, 0.1) is 0 Å². The number of fused-ring (bicyclic) bond motifs is 1. The van der Waals surface area contributed by atoms with Crippen molar-refractivity contribution in [2.75, 3.05) is 6.61 Å². The molecule has 2 N–H and O–H groups in total. The first kappa shape index (κ1) is 11.3. The monoisotopic (exact) mass is 252 g/mol. The van der Waals surface area contributed by atoms with Crippen molar-refractivity contribution < 1.29 is 4.74 Å². The molecule has 0 bridgehead atoms. The number of thiazole rings is 1. The van der Waals surface area contributed by atoms with Crippen LogP contribution in [0.3, 0.4) is 0 Å². The van der Waals surface area contributed by atoms with E-state index in [1.165, 1.54) is 0 Å². The molecule has 0 fully saturated rings. The number of thiocarbonyl (C=S) groups is 1. The first-order chi connectivity index (χ1) is 7.69. The number of nitrogens with two attached hydrogens (primary N) is 1. The van der Waals surface area contributed by atoms with Crippen molar-refractivity contribution in [1.82, 2.24) is 4.98 Å². The molecular weight excluding hydrogens is 240 g/mol. The van der Waals surface area contributed by atoms with E-state index in [9.17, 15) is 0 Å². The maximum atomic E-state index is 5.50. The predicted octanol–water partition coefficient (Wildman–Crippen LogP) is 2.52. The van der Waals surface area contributed by atoms with Crippen LogP contribution >= 0.6 is 23.6 Å². The molecule has 0 aliphatic carbocycles. The van der Waals surface area contributed by atoms with Crippen molar-refractivity contribution in [2.24, 2.45) is 5.73 Å². The zero-order valence-corrected chi connectivity index (χ0v) is 10.5. The van der Waals surface area contributed by atoms with Gasteiger partial charge in [0.05, 0.1) is 21.8 Å². The van der Waals surface area contributed by atoms with Gasteiger partial charge in [-0.25, -0.2) is 4.98 Å². The van der Waals surface area contributed by atoms with E-state index in [0.29, 0.717) is 18.0 Å². The zero-order chi connectivity index (χ0) is 11.5. The average molecular weight is 252 g/mol. The number of aromatic nitrogens is 1. The van der Waals surface area contributed by atoms with Gasteiger partial charge in [-0.15, -0.1) is 11.3 Å². The number of rotatable bonds is 4. The lowest BCUT2D eigenvalue weighted by Crippen LogP contribution is -2.10. The lowest BCUT2D eigenvalue weighted by Gasteiger charge is -2.00. The molecule has 0 amide bonds. The maximum Gasteiger partial charge on any atom is 0.121 e. The Hall–Kier alpha value is -1.20. The lowest BCUT2D eigenvalue weighted by molar-refractivity contribution is 0.340. The van der Waals surface area contributed by atoms with Crippen LogP contribution in [0.1, 0.15) is 11.9 Å². The molecule has 0 radical (unpaired) electrons. The third-order valence-corrected chi connectivity index (χ3v) is 3.22. The maximum absolute atomic E-state index is 5.50. The van der Waals surface area contributed by atoms with Crippen LogP contribution in [0.2, 0.25) is 0 Å². The first-order valence-corrected chi connectivity index (χ1v) is 6.22. The molecule has 1 heterocycles. The molecule has 0 aliphatic rings. The van der Waals surface area contributed by atoms with Crippen LogP contribution in [0.5, 0.6) is 5.75 Å². The summed E-state index contributed by atoms with van der Waals surface area (Å²) in [6.07, 6.45) is 0.568. The van der Waals surface area contributed by atoms with Crippen molar-refractivity contribution in [3.05, 3.63) is 23.2 Å². The summed E-state index contributed by atoms with van der Waals surface area (Å²) in [5.41, 5.74) is 6.44. The van der Waals surface area contributed by atoms with E-state index in [0.717, 1.165) is 21.0 Å². The summed E-state index contributed by atoms with van der Waals surface area (Å²) in [4.78, 5) is 4.94. The fourth-order valence-corrected chi connectivity index (χ4v) is 2.63. The third kappa shape index (κ3) is 2.48. The number of ether oxygens (including phenoxy) is 1. The van der Waals surface area contributed by atoms with Gasteiger partial charge in [0.2, 0.25) is 0 Å². The second kappa shape index (κ2) is 4.76. The summed E-state index contributed by atoms with van der Waals surface area (Å²) in [6, 6.07) is 5.91. The SMILES string of the molecule is CCOc1ccc2sc(CC(N)=S)nc2c1. The van der Waals surface area contributed by atoms with Gasteiger partial charge in [-0.2, -0.15) is 0 Å². The van der Waals surface area contributed by atoms with Crippen molar-refractivity contribution in [2.45, 2.75) is 13.3 Å². The van der Waals surface area contributed by atoms with Gasteiger partial charge < -0.3 is 10.5 Å². The molecule has 84 valence electrons. The molecule has 3 nitrogen and oxygen atoms in total. The normalized spacial score (nSPS) is 10.6. The molecule has 1 aromatic carbocycles. The Labute approximate surface area is 103 Å². The van der Waals surface area contributed by atoms with Gasteiger partial charge in [0.1, 0.15) is 10.8 Å². The van der Waals surface area contributed by atoms with E-state index < -0.39 is 0 Å². The van der Waals surface area contributed by atoms with Crippen molar-refractivity contribution in [3.8, 4) is 5.75 Å². The first-order valence-electron chi connectivity index (χ1n) is 4.99. The molecule has 0 atom stereocenters.